The lowest BCUT2D eigenvalue weighted by atomic mass is 10.1. The Kier molecular flexibility index (Phi) is 6.98. The third-order valence-corrected chi connectivity index (χ3v) is 9.67. The second-order valence-corrected chi connectivity index (χ2v) is 11.8. The van der Waals surface area contributed by atoms with E-state index in [2.05, 4.69) is 15.6 Å². The topological polar surface area (TPSA) is 108 Å². The molecule has 2 aromatic heterocycles. The van der Waals surface area contributed by atoms with Crippen molar-refractivity contribution in [1.29, 1.82) is 0 Å². The molecule has 0 atom stereocenters. The van der Waals surface area contributed by atoms with Gasteiger partial charge in [-0.3, -0.25) is 0 Å². The number of nitrogens with one attached hydrogen (secondary N) is 2. The molecule has 0 saturated carbocycles. The maximum atomic E-state index is 13.2. The Labute approximate surface area is 209 Å². The van der Waals surface area contributed by atoms with E-state index in [0.717, 1.165) is 35.3 Å². The van der Waals surface area contributed by atoms with Gasteiger partial charge in [-0.15, -0.1) is 11.3 Å². The van der Waals surface area contributed by atoms with Crippen LogP contribution in [0.2, 0.25) is 0 Å². The lowest BCUT2D eigenvalue weighted by Crippen LogP contribution is -2.35. The Morgan fingerprint density at radius 3 is 2.57 bits per heavy atom. The maximum absolute atomic E-state index is 13.2. The highest BCUT2D eigenvalue weighted by Crippen LogP contribution is 2.37. The van der Waals surface area contributed by atoms with E-state index in [1.54, 1.807) is 21.5 Å². The van der Waals surface area contributed by atoms with Crippen LogP contribution in [-0.4, -0.2) is 72.9 Å². The second-order valence-electron chi connectivity index (χ2n) is 8.55. The largest absolute Gasteiger partial charge is 0.352 e. The molecule has 4 heterocycles. The van der Waals surface area contributed by atoms with Gasteiger partial charge >= 0.3 is 6.03 Å². The smallest absolute Gasteiger partial charge is 0.317 e. The number of thiophene rings is 1. The molecular formula is C24H28N6O3S2. The van der Waals surface area contributed by atoms with Gasteiger partial charge in [0.1, 0.15) is 4.21 Å². The van der Waals surface area contributed by atoms with Gasteiger partial charge in [0.05, 0.1) is 10.6 Å². The zero-order valence-electron chi connectivity index (χ0n) is 19.3. The molecule has 2 fully saturated rings. The van der Waals surface area contributed by atoms with Crippen molar-refractivity contribution in [2.75, 3.05) is 44.6 Å². The molecule has 0 aliphatic carbocycles. The van der Waals surface area contributed by atoms with Crippen molar-refractivity contribution in [1.82, 2.24) is 24.5 Å². The minimum Gasteiger partial charge on any atom is -0.352 e. The summed E-state index contributed by atoms with van der Waals surface area (Å²) in [5.74, 6) is 0.438. The van der Waals surface area contributed by atoms with Crippen molar-refractivity contribution >= 4 is 33.3 Å². The van der Waals surface area contributed by atoms with Crippen molar-refractivity contribution in [2.45, 2.75) is 23.5 Å². The molecular weight excluding hydrogens is 484 g/mol. The van der Waals surface area contributed by atoms with Crippen LogP contribution in [0.25, 0.3) is 21.7 Å². The van der Waals surface area contributed by atoms with E-state index in [4.69, 9.17) is 4.98 Å². The molecule has 184 valence electrons. The van der Waals surface area contributed by atoms with Gasteiger partial charge in [-0.25, -0.2) is 23.2 Å². The van der Waals surface area contributed by atoms with Crippen LogP contribution in [0.5, 0.6) is 0 Å². The number of anilines is 1. The number of amides is 2. The highest BCUT2D eigenvalue weighted by molar-refractivity contribution is 7.91. The Balaban J connectivity index is 1.43. The Morgan fingerprint density at radius 1 is 1.03 bits per heavy atom. The van der Waals surface area contributed by atoms with E-state index in [-0.39, 0.29) is 6.03 Å². The average molecular weight is 513 g/mol. The summed E-state index contributed by atoms with van der Waals surface area (Å²) in [7, 11) is -3.52. The summed E-state index contributed by atoms with van der Waals surface area (Å²) >= 11 is 1.24. The molecule has 0 spiro atoms. The summed E-state index contributed by atoms with van der Waals surface area (Å²) in [6, 6.07) is 13.3. The van der Waals surface area contributed by atoms with Gasteiger partial charge in [0.2, 0.25) is 5.95 Å². The number of carbonyl (C=O) groups is 1. The first-order chi connectivity index (χ1) is 17.0. The van der Waals surface area contributed by atoms with Crippen LogP contribution >= 0.6 is 11.3 Å². The monoisotopic (exact) mass is 512 g/mol. The summed E-state index contributed by atoms with van der Waals surface area (Å²) < 4.78 is 28.3. The van der Waals surface area contributed by atoms with Crippen molar-refractivity contribution in [3.63, 3.8) is 0 Å². The van der Waals surface area contributed by atoms with Gasteiger partial charge < -0.3 is 15.5 Å². The molecule has 2 aliphatic rings. The lowest BCUT2D eigenvalue weighted by Gasteiger charge is -2.25. The van der Waals surface area contributed by atoms with Crippen LogP contribution in [-0.2, 0) is 10.0 Å². The Hall–Kier alpha value is -3.02. The summed E-state index contributed by atoms with van der Waals surface area (Å²) in [5, 5.41) is 5.99. The standard InChI is InChI=1S/C24H28N6O3S2/c31-24-26-12-16-29(24)15-11-25-23-27-17-19(18-7-3-1-4-8-18)22(28-23)20-9-10-21(34-20)35(32,33)30-13-5-2-6-14-30/h1,3-4,7-10,17H,2,5-6,11-16H2,(H,26,31)(H,25,27,28). The highest BCUT2D eigenvalue weighted by atomic mass is 32.2. The molecule has 1 aromatic carbocycles. The van der Waals surface area contributed by atoms with E-state index in [9.17, 15) is 13.2 Å². The first-order valence-electron chi connectivity index (χ1n) is 11.8. The predicted octanol–water partition coefficient (Wildman–Crippen LogP) is 3.48. The number of aromatic nitrogens is 2. The molecule has 0 radical (unpaired) electrons. The number of nitrogens with zero attached hydrogens (tertiary/aromatic N) is 4. The molecule has 2 amide bonds. The van der Waals surface area contributed by atoms with E-state index < -0.39 is 10.0 Å². The van der Waals surface area contributed by atoms with Crippen molar-refractivity contribution < 1.29 is 13.2 Å². The minimum atomic E-state index is -3.52. The van der Waals surface area contributed by atoms with Gasteiger partial charge in [0, 0.05) is 51.0 Å². The fourth-order valence-corrected chi connectivity index (χ4v) is 7.31. The summed E-state index contributed by atoms with van der Waals surface area (Å²) in [6.07, 6.45) is 4.63. The Bertz CT molecular complexity index is 1290. The molecule has 0 bridgehead atoms. The summed E-state index contributed by atoms with van der Waals surface area (Å²) in [6.45, 7) is 3.54. The molecule has 2 saturated heterocycles. The molecule has 0 unspecified atom stereocenters. The van der Waals surface area contributed by atoms with E-state index in [1.807, 2.05) is 36.4 Å². The zero-order valence-corrected chi connectivity index (χ0v) is 20.9. The molecule has 3 aromatic rings. The fraction of sp³-hybridized carbons (Fsp3) is 0.375. The SMILES string of the molecule is O=C1NCCN1CCNc1ncc(-c2ccccc2)c(-c2ccc(S(=O)(=O)N3CCCCC3)s2)n1. The fourth-order valence-electron chi connectivity index (χ4n) is 4.33. The van der Waals surface area contributed by atoms with Gasteiger partial charge in [-0.2, -0.15) is 4.31 Å². The average Bonchev–Trinajstić information content (AvgIpc) is 3.55. The molecule has 5 rings (SSSR count). The predicted molar refractivity (Wildman–Crippen MR) is 137 cm³/mol. The van der Waals surface area contributed by atoms with E-state index in [1.165, 1.54) is 11.3 Å². The van der Waals surface area contributed by atoms with Crippen LogP contribution in [0.3, 0.4) is 0 Å². The van der Waals surface area contributed by atoms with E-state index >= 15 is 0 Å². The quantitative estimate of drug-likeness (QED) is 0.479. The highest BCUT2D eigenvalue weighted by Gasteiger charge is 2.28. The number of hydrogen-bond donors (Lipinski definition) is 2. The number of carbonyl (C=O) groups excluding carboxylic acids is 1. The van der Waals surface area contributed by atoms with Crippen LogP contribution in [0.4, 0.5) is 10.7 Å². The van der Waals surface area contributed by atoms with Crippen molar-refractivity contribution in [3.8, 4) is 21.7 Å². The van der Waals surface area contributed by atoms with Crippen LogP contribution < -0.4 is 10.6 Å². The molecule has 2 N–H and O–H groups in total. The normalized spacial score (nSPS) is 16.9. The summed E-state index contributed by atoms with van der Waals surface area (Å²) in [4.78, 5) is 23.5. The molecule has 2 aliphatic heterocycles. The van der Waals surface area contributed by atoms with Gasteiger partial charge in [0.15, 0.2) is 0 Å². The first kappa shape index (κ1) is 23.7. The number of urea groups is 1. The van der Waals surface area contributed by atoms with Crippen LogP contribution in [0.1, 0.15) is 19.3 Å². The number of hydrogen-bond acceptors (Lipinski definition) is 7. The third kappa shape index (κ3) is 5.16. The van der Waals surface area contributed by atoms with E-state index in [0.29, 0.717) is 55.1 Å². The maximum Gasteiger partial charge on any atom is 0.317 e. The van der Waals surface area contributed by atoms with Crippen molar-refractivity contribution in [2.24, 2.45) is 0 Å². The lowest BCUT2D eigenvalue weighted by molar-refractivity contribution is 0.219. The van der Waals surface area contributed by atoms with Crippen LogP contribution in [0.15, 0.2) is 52.9 Å². The van der Waals surface area contributed by atoms with Gasteiger partial charge in [-0.1, -0.05) is 36.8 Å². The molecule has 9 nitrogen and oxygen atoms in total. The molecule has 35 heavy (non-hydrogen) atoms. The zero-order chi connectivity index (χ0) is 24.3. The number of benzene rings is 1. The Morgan fingerprint density at radius 2 is 1.83 bits per heavy atom. The van der Waals surface area contributed by atoms with Gasteiger partial charge in [-0.05, 0) is 30.5 Å². The number of rotatable bonds is 8. The third-order valence-electron chi connectivity index (χ3n) is 6.21. The number of piperidine rings is 1. The minimum absolute atomic E-state index is 0.0612. The second kappa shape index (κ2) is 10.3. The number of sulfonamides is 1. The van der Waals surface area contributed by atoms with Crippen molar-refractivity contribution in [3.05, 3.63) is 48.7 Å². The van der Waals surface area contributed by atoms with Gasteiger partial charge in [0.25, 0.3) is 10.0 Å². The first-order valence-corrected chi connectivity index (χ1v) is 14.1. The van der Waals surface area contributed by atoms with Crippen LogP contribution in [0, 0.1) is 0 Å². The molecule has 11 heteroatoms. The summed E-state index contributed by atoms with van der Waals surface area (Å²) in [5.41, 5.74) is 2.47.